The molecule has 0 aromatic heterocycles. The molecule has 6 heteroatoms. The van der Waals surface area contributed by atoms with Crippen molar-refractivity contribution < 1.29 is 18.7 Å². The van der Waals surface area contributed by atoms with E-state index in [0.717, 1.165) is 18.4 Å². The minimum Gasteiger partial charge on any atom is -0.444 e. The molecule has 1 saturated carbocycles. The summed E-state index contributed by atoms with van der Waals surface area (Å²) in [6, 6.07) is 6.22. The van der Waals surface area contributed by atoms with Crippen LogP contribution >= 0.6 is 0 Å². The maximum atomic E-state index is 13.1. The molecule has 3 rings (SSSR count). The first kappa shape index (κ1) is 17.7. The summed E-state index contributed by atoms with van der Waals surface area (Å²) in [5.74, 6) is -0.207. The second kappa shape index (κ2) is 6.32. The number of carbonyl (C=O) groups excluding carboxylic acids is 2. The third-order valence-corrected chi connectivity index (χ3v) is 4.77. The highest BCUT2D eigenvalue weighted by molar-refractivity contribution is 5.91. The molecule has 25 heavy (non-hydrogen) atoms. The number of carbonyl (C=O) groups is 2. The molecule has 0 bridgehead atoms. The third-order valence-electron chi connectivity index (χ3n) is 4.77. The van der Waals surface area contributed by atoms with Gasteiger partial charge in [-0.25, -0.2) is 9.18 Å². The van der Waals surface area contributed by atoms with Gasteiger partial charge >= 0.3 is 6.09 Å². The summed E-state index contributed by atoms with van der Waals surface area (Å²) >= 11 is 0. The van der Waals surface area contributed by atoms with Crippen LogP contribution in [-0.4, -0.2) is 53.6 Å². The number of piperazine rings is 1. The summed E-state index contributed by atoms with van der Waals surface area (Å²) in [6.07, 6.45) is 1.26. The van der Waals surface area contributed by atoms with Gasteiger partial charge in [0.15, 0.2) is 0 Å². The second-order valence-corrected chi connectivity index (χ2v) is 7.85. The summed E-state index contributed by atoms with van der Waals surface area (Å²) in [4.78, 5) is 28.6. The van der Waals surface area contributed by atoms with Crippen molar-refractivity contribution in [3.63, 3.8) is 0 Å². The van der Waals surface area contributed by atoms with Gasteiger partial charge in [-0.1, -0.05) is 12.1 Å². The van der Waals surface area contributed by atoms with Crippen LogP contribution in [0.4, 0.5) is 9.18 Å². The lowest BCUT2D eigenvalue weighted by Gasteiger charge is -2.37. The van der Waals surface area contributed by atoms with E-state index in [1.807, 2.05) is 25.7 Å². The predicted molar refractivity (Wildman–Crippen MR) is 91.7 cm³/mol. The molecule has 1 aliphatic carbocycles. The molecule has 0 atom stereocenters. The van der Waals surface area contributed by atoms with E-state index < -0.39 is 11.0 Å². The van der Waals surface area contributed by atoms with Crippen LogP contribution in [0.1, 0.15) is 39.2 Å². The average Bonchev–Trinajstić information content (AvgIpc) is 3.35. The van der Waals surface area contributed by atoms with Crippen LogP contribution < -0.4 is 0 Å². The predicted octanol–water partition coefficient (Wildman–Crippen LogP) is 2.94. The van der Waals surface area contributed by atoms with Gasteiger partial charge in [0.2, 0.25) is 5.91 Å². The fourth-order valence-corrected chi connectivity index (χ4v) is 3.24. The van der Waals surface area contributed by atoms with Crippen LogP contribution in [0.2, 0.25) is 0 Å². The Morgan fingerprint density at radius 1 is 1.00 bits per heavy atom. The largest absolute Gasteiger partial charge is 0.444 e. The maximum Gasteiger partial charge on any atom is 0.410 e. The maximum absolute atomic E-state index is 13.1. The number of hydrogen-bond donors (Lipinski definition) is 0. The van der Waals surface area contributed by atoms with Crippen LogP contribution in [0.5, 0.6) is 0 Å². The quantitative estimate of drug-likeness (QED) is 0.826. The Balaban J connectivity index is 1.60. The van der Waals surface area contributed by atoms with Crippen LogP contribution in [0.3, 0.4) is 0 Å². The van der Waals surface area contributed by atoms with Gasteiger partial charge in [0.25, 0.3) is 0 Å². The fourth-order valence-electron chi connectivity index (χ4n) is 3.24. The van der Waals surface area contributed by atoms with Crippen molar-refractivity contribution in [1.29, 1.82) is 0 Å². The minimum atomic E-state index is -0.523. The molecule has 136 valence electrons. The van der Waals surface area contributed by atoms with Crippen molar-refractivity contribution in [3.8, 4) is 0 Å². The topological polar surface area (TPSA) is 49.9 Å². The molecular formula is C19H25FN2O3. The number of nitrogens with zero attached hydrogens (tertiary/aromatic N) is 2. The summed E-state index contributed by atoms with van der Waals surface area (Å²) in [5, 5.41) is 0. The molecule has 1 aromatic rings. The van der Waals surface area contributed by atoms with E-state index >= 15 is 0 Å². The summed E-state index contributed by atoms with van der Waals surface area (Å²) in [7, 11) is 0. The van der Waals surface area contributed by atoms with E-state index in [1.54, 1.807) is 17.0 Å². The zero-order chi connectivity index (χ0) is 18.2. The first-order valence-corrected chi connectivity index (χ1v) is 8.75. The van der Waals surface area contributed by atoms with Crippen molar-refractivity contribution in [2.24, 2.45) is 0 Å². The summed E-state index contributed by atoms with van der Waals surface area (Å²) < 4.78 is 18.5. The van der Waals surface area contributed by atoms with E-state index in [9.17, 15) is 14.0 Å². The highest BCUT2D eigenvalue weighted by atomic mass is 19.1. The van der Waals surface area contributed by atoms with E-state index in [2.05, 4.69) is 0 Å². The lowest BCUT2D eigenvalue weighted by Crippen LogP contribution is -2.53. The van der Waals surface area contributed by atoms with Gasteiger partial charge in [-0.05, 0) is 51.3 Å². The van der Waals surface area contributed by atoms with Gasteiger partial charge in [0.1, 0.15) is 11.4 Å². The Hall–Kier alpha value is -2.11. The zero-order valence-electron chi connectivity index (χ0n) is 15.0. The molecule has 1 saturated heterocycles. The molecule has 1 aromatic carbocycles. The van der Waals surface area contributed by atoms with Gasteiger partial charge in [0.05, 0.1) is 5.41 Å². The average molecular weight is 348 g/mol. The SMILES string of the molecule is CC(C)(C)OC(=O)N1CCN(C(=O)C2(c3ccc(F)cc3)CC2)CC1. The molecule has 1 heterocycles. The Morgan fingerprint density at radius 2 is 1.52 bits per heavy atom. The van der Waals surface area contributed by atoms with Gasteiger partial charge in [-0.3, -0.25) is 4.79 Å². The van der Waals surface area contributed by atoms with Crippen molar-refractivity contribution >= 4 is 12.0 Å². The fraction of sp³-hybridized carbons (Fsp3) is 0.579. The first-order chi connectivity index (χ1) is 11.7. The van der Waals surface area contributed by atoms with Crippen LogP contribution in [0.15, 0.2) is 24.3 Å². The van der Waals surface area contributed by atoms with Crippen molar-refractivity contribution in [1.82, 2.24) is 9.80 Å². The standard InChI is InChI=1S/C19H25FN2O3/c1-18(2,3)25-17(24)22-12-10-21(11-13-22)16(23)19(8-9-19)14-4-6-15(20)7-5-14/h4-7H,8-13H2,1-3H3. The Kier molecular flexibility index (Phi) is 4.47. The number of amides is 2. The van der Waals surface area contributed by atoms with Crippen molar-refractivity contribution in [2.45, 2.75) is 44.6 Å². The summed E-state index contributed by atoms with van der Waals surface area (Å²) in [5.41, 5.74) is -0.139. The number of benzene rings is 1. The molecule has 2 fully saturated rings. The van der Waals surface area contributed by atoms with Crippen molar-refractivity contribution in [3.05, 3.63) is 35.6 Å². The Morgan fingerprint density at radius 3 is 2.00 bits per heavy atom. The molecule has 2 amide bonds. The Bertz CT molecular complexity index is 654. The monoisotopic (exact) mass is 348 g/mol. The van der Waals surface area contributed by atoms with Gasteiger partial charge in [-0.2, -0.15) is 0 Å². The molecule has 0 unspecified atom stereocenters. The second-order valence-electron chi connectivity index (χ2n) is 7.85. The smallest absolute Gasteiger partial charge is 0.410 e. The number of ether oxygens (including phenoxy) is 1. The molecule has 5 nitrogen and oxygen atoms in total. The summed E-state index contributed by atoms with van der Waals surface area (Å²) in [6.45, 7) is 7.46. The van der Waals surface area contributed by atoms with Gasteiger partial charge in [0, 0.05) is 26.2 Å². The van der Waals surface area contributed by atoms with E-state index in [-0.39, 0.29) is 17.8 Å². The van der Waals surface area contributed by atoms with Crippen LogP contribution in [0, 0.1) is 5.82 Å². The molecule has 1 aliphatic heterocycles. The first-order valence-electron chi connectivity index (χ1n) is 8.75. The van der Waals surface area contributed by atoms with Crippen molar-refractivity contribution in [2.75, 3.05) is 26.2 Å². The normalized spacial score (nSPS) is 19.5. The highest BCUT2D eigenvalue weighted by Gasteiger charge is 2.53. The number of halogens is 1. The minimum absolute atomic E-state index is 0.0861. The van der Waals surface area contributed by atoms with E-state index in [1.165, 1.54) is 12.1 Å². The van der Waals surface area contributed by atoms with Gasteiger partial charge in [-0.15, -0.1) is 0 Å². The number of hydrogen-bond acceptors (Lipinski definition) is 3. The molecule has 0 N–H and O–H groups in total. The van der Waals surface area contributed by atoms with Gasteiger partial charge < -0.3 is 14.5 Å². The lowest BCUT2D eigenvalue weighted by atomic mass is 9.94. The number of rotatable bonds is 2. The van der Waals surface area contributed by atoms with Crippen LogP contribution in [0.25, 0.3) is 0 Å². The molecular weight excluding hydrogens is 323 g/mol. The van der Waals surface area contributed by atoms with E-state index in [4.69, 9.17) is 4.74 Å². The van der Waals surface area contributed by atoms with Crippen LogP contribution in [-0.2, 0) is 14.9 Å². The highest BCUT2D eigenvalue weighted by Crippen LogP contribution is 2.49. The third kappa shape index (κ3) is 3.78. The molecule has 0 spiro atoms. The Labute approximate surface area is 147 Å². The van der Waals surface area contributed by atoms with E-state index in [0.29, 0.717) is 26.2 Å². The lowest BCUT2D eigenvalue weighted by molar-refractivity contribution is -0.135. The zero-order valence-corrected chi connectivity index (χ0v) is 15.0. The molecule has 2 aliphatic rings. The molecule has 0 radical (unpaired) electrons.